The van der Waals surface area contributed by atoms with Crippen LogP contribution in [-0.4, -0.2) is 91.4 Å². The number of likely N-dealkylation sites (tertiary alicyclic amines) is 1. The number of likely N-dealkylation sites (N-methyl/N-ethyl adjacent to an activating group) is 1. The maximum atomic E-state index is 15.1. The molecule has 4 saturated carbocycles. The molecule has 288 valence electrons. The molecule has 1 spiro atoms. The first-order valence-corrected chi connectivity index (χ1v) is 21.5. The fourth-order valence-corrected chi connectivity index (χ4v) is 9.96. The van der Waals surface area contributed by atoms with Crippen molar-refractivity contribution in [1.29, 1.82) is 0 Å². The lowest BCUT2D eigenvalue weighted by Gasteiger charge is -2.43. The van der Waals surface area contributed by atoms with Crippen LogP contribution in [0.3, 0.4) is 0 Å². The van der Waals surface area contributed by atoms with Crippen LogP contribution < -0.4 is 10.6 Å². The van der Waals surface area contributed by atoms with Crippen molar-refractivity contribution in [3.05, 3.63) is 0 Å². The fourth-order valence-electron chi connectivity index (χ4n) is 9.54. The van der Waals surface area contributed by atoms with Crippen molar-refractivity contribution in [2.24, 2.45) is 39.9 Å². The molecular weight excluding hydrogens is 669 g/mol. The number of hydrogen-bond donors (Lipinski definition) is 2. The molecule has 5 aliphatic rings. The largest absolute Gasteiger partial charge is 0.334 e. The summed E-state index contributed by atoms with van der Waals surface area (Å²) in [5, 5.41) is 6.09. The summed E-state index contributed by atoms with van der Waals surface area (Å²) in [7, 11) is -2.01. The second kappa shape index (κ2) is 15.2. The zero-order valence-electron chi connectivity index (χ0n) is 32.2. The van der Waals surface area contributed by atoms with Gasteiger partial charge in [0, 0.05) is 44.9 Å². The number of fused-ring (bicyclic) bond motifs is 2. The van der Waals surface area contributed by atoms with E-state index in [2.05, 4.69) is 17.6 Å². The van der Waals surface area contributed by atoms with Gasteiger partial charge in [0.25, 0.3) is 0 Å². The number of sulfonamides is 1. The third-order valence-electron chi connectivity index (χ3n) is 13.4. The van der Waals surface area contributed by atoms with E-state index >= 15 is 4.79 Å². The van der Waals surface area contributed by atoms with Gasteiger partial charge >= 0.3 is 6.03 Å². The van der Waals surface area contributed by atoms with E-state index in [0.717, 1.165) is 76.9 Å². The Morgan fingerprint density at radius 2 is 1.59 bits per heavy atom. The van der Waals surface area contributed by atoms with Crippen molar-refractivity contribution in [3.63, 3.8) is 0 Å². The predicted octanol–water partition coefficient (Wildman–Crippen LogP) is 5.26. The summed E-state index contributed by atoms with van der Waals surface area (Å²) in [5.41, 5.74) is -0.858. The Morgan fingerprint density at radius 3 is 2.14 bits per heavy atom. The second-order valence-corrected chi connectivity index (χ2v) is 20.5. The van der Waals surface area contributed by atoms with Crippen molar-refractivity contribution >= 4 is 39.3 Å². The molecule has 1 saturated heterocycles. The number of hydrogen-bond acceptors (Lipinski definition) is 7. The molecular formula is C39H64N4O7S. The number of urea groups is 1. The van der Waals surface area contributed by atoms with Crippen molar-refractivity contribution in [2.75, 3.05) is 26.4 Å². The van der Waals surface area contributed by atoms with E-state index in [1.54, 1.807) is 4.90 Å². The minimum absolute atomic E-state index is 0.00827. The van der Waals surface area contributed by atoms with Gasteiger partial charge in [0.05, 0.1) is 12.3 Å². The number of ketones is 3. The van der Waals surface area contributed by atoms with E-state index in [1.165, 1.54) is 11.4 Å². The topological polar surface area (TPSA) is 150 Å². The first kappa shape index (κ1) is 39.9. The maximum Gasteiger partial charge on any atom is 0.315 e. The van der Waals surface area contributed by atoms with Crippen LogP contribution in [0.4, 0.5) is 4.79 Å². The van der Waals surface area contributed by atoms with E-state index < -0.39 is 56.7 Å². The van der Waals surface area contributed by atoms with Crippen LogP contribution in [0.25, 0.3) is 0 Å². The zero-order valence-corrected chi connectivity index (χ0v) is 33.0. The number of nitrogens with one attached hydrogen (secondary N) is 2. The van der Waals surface area contributed by atoms with E-state index in [0.29, 0.717) is 25.3 Å². The van der Waals surface area contributed by atoms with Gasteiger partial charge in [0.15, 0.2) is 11.6 Å². The summed E-state index contributed by atoms with van der Waals surface area (Å²) in [6, 6.07) is -2.65. The van der Waals surface area contributed by atoms with Gasteiger partial charge in [-0.15, -0.1) is 0 Å². The average molecular weight is 733 g/mol. The molecule has 5 fully saturated rings. The molecule has 5 rings (SSSR count). The molecule has 12 heteroatoms. The highest BCUT2D eigenvalue weighted by atomic mass is 32.2. The Morgan fingerprint density at radius 1 is 0.941 bits per heavy atom. The molecule has 0 aromatic carbocycles. The number of Topliss-reactive ketones (excluding diaryl/α,β-unsaturated/α-hetero) is 3. The molecule has 2 N–H and O–H groups in total. The maximum absolute atomic E-state index is 15.1. The quantitative estimate of drug-likeness (QED) is 0.206. The van der Waals surface area contributed by atoms with E-state index in [-0.39, 0.29) is 54.1 Å². The summed E-state index contributed by atoms with van der Waals surface area (Å²) < 4.78 is 25.7. The van der Waals surface area contributed by atoms with E-state index in [4.69, 9.17) is 0 Å². The van der Waals surface area contributed by atoms with Crippen molar-refractivity contribution < 1.29 is 32.4 Å². The normalized spacial score (nSPS) is 27.1. The number of carbonyl (C=O) groups is 5. The molecule has 0 radical (unpaired) electrons. The standard InChI is InChI=1S/C39H64N4O7S/c1-8-12-26(33(46)30(45)21-25-13-14-25)22-29(44)32-27-15-18-39(19-20-39)28(27)23-43(32)35(47)34(38(5)16-10-9-11-17-38)41-36(48)40-31(37(2,3)4)24-42(6)51(7,49)50/h25-28,31-32,34H,8-24H2,1-7H3,(H2,40,41,48)/t26?,27-,28-,31+,32-,34+/m0/s1. The van der Waals surface area contributed by atoms with Gasteiger partial charge in [-0.1, -0.05) is 60.3 Å². The fraction of sp³-hybridized carbons (Fsp3) is 0.872. The van der Waals surface area contributed by atoms with Gasteiger partial charge in [-0.05, 0) is 91.8 Å². The van der Waals surface area contributed by atoms with Crippen molar-refractivity contribution in [3.8, 4) is 0 Å². The molecule has 1 heterocycles. The number of carbonyl (C=O) groups excluding carboxylic acids is 5. The Kier molecular flexibility index (Phi) is 11.9. The molecule has 11 nitrogen and oxygen atoms in total. The average Bonchev–Trinajstić information content (AvgIpc) is 3.96. The first-order valence-electron chi connectivity index (χ1n) is 19.7. The summed E-state index contributed by atoms with van der Waals surface area (Å²) in [5.74, 6) is -1.35. The molecule has 4 aliphatic carbocycles. The van der Waals surface area contributed by atoms with Crippen LogP contribution in [0.1, 0.15) is 131 Å². The zero-order chi connectivity index (χ0) is 37.5. The third kappa shape index (κ3) is 9.07. The smallest absolute Gasteiger partial charge is 0.315 e. The molecule has 1 unspecified atom stereocenters. The number of rotatable bonds is 16. The SMILES string of the molecule is CCCC(CC(=O)[C@@H]1[C@H]2CCC3(CC3)[C@H]2CN1C(=O)[C@@H](NC(=O)N[C@H](CN(C)S(C)(=O)=O)C(C)(C)C)C1(C)CCCCC1)C(=O)C(=O)CC1CC1. The van der Waals surface area contributed by atoms with Crippen LogP contribution in [0.5, 0.6) is 0 Å². The molecule has 3 amide bonds. The van der Waals surface area contributed by atoms with E-state index in [1.807, 2.05) is 27.7 Å². The van der Waals surface area contributed by atoms with Crippen LogP contribution in [0, 0.1) is 39.9 Å². The monoisotopic (exact) mass is 732 g/mol. The van der Waals surface area contributed by atoms with Gasteiger partial charge in [0.2, 0.25) is 21.7 Å². The van der Waals surface area contributed by atoms with Gasteiger partial charge < -0.3 is 15.5 Å². The van der Waals surface area contributed by atoms with Crippen LogP contribution >= 0.6 is 0 Å². The summed E-state index contributed by atoms with van der Waals surface area (Å²) in [4.78, 5) is 71.5. The van der Waals surface area contributed by atoms with Gasteiger partial charge in [-0.25, -0.2) is 17.5 Å². The predicted molar refractivity (Wildman–Crippen MR) is 196 cm³/mol. The van der Waals surface area contributed by atoms with Gasteiger partial charge in [0.1, 0.15) is 6.04 Å². The Bertz CT molecular complexity index is 1460. The molecule has 1 aliphatic heterocycles. The first-order chi connectivity index (χ1) is 23.8. The lowest BCUT2D eigenvalue weighted by Crippen LogP contribution is -2.62. The molecule has 51 heavy (non-hydrogen) atoms. The second-order valence-electron chi connectivity index (χ2n) is 18.4. The molecule has 0 aromatic heterocycles. The summed E-state index contributed by atoms with van der Waals surface area (Å²) in [6.07, 6.45) is 13.0. The highest BCUT2D eigenvalue weighted by Gasteiger charge is 2.64. The lowest BCUT2D eigenvalue weighted by atomic mass is 9.70. The van der Waals surface area contributed by atoms with Crippen LogP contribution in [0.2, 0.25) is 0 Å². The lowest BCUT2D eigenvalue weighted by molar-refractivity contribution is -0.144. The Hall–Kier alpha value is -2.34. The molecule has 0 aromatic rings. The Balaban J connectivity index is 1.41. The minimum Gasteiger partial charge on any atom is -0.334 e. The number of amides is 3. The number of nitrogens with zero attached hydrogens (tertiary/aromatic N) is 2. The summed E-state index contributed by atoms with van der Waals surface area (Å²) in [6.45, 7) is 10.4. The van der Waals surface area contributed by atoms with Crippen LogP contribution in [-0.2, 0) is 29.2 Å². The van der Waals surface area contributed by atoms with Crippen molar-refractivity contribution in [1.82, 2.24) is 19.8 Å². The van der Waals surface area contributed by atoms with Gasteiger partial charge in [-0.2, -0.15) is 0 Å². The third-order valence-corrected chi connectivity index (χ3v) is 14.7. The van der Waals surface area contributed by atoms with Gasteiger partial charge in [-0.3, -0.25) is 19.2 Å². The van der Waals surface area contributed by atoms with Crippen molar-refractivity contribution in [2.45, 2.75) is 149 Å². The van der Waals surface area contributed by atoms with E-state index in [9.17, 15) is 27.6 Å². The molecule has 6 atom stereocenters. The summed E-state index contributed by atoms with van der Waals surface area (Å²) >= 11 is 0. The Labute approximate surface area is 306 Å². The van der Waals surface area contributed by atoms with Crippen LogP contribution in [0.15, 0.2) is 0 Å². The highest BCUT2D eigenvalue weighted by molar-refractivity contribution is 7.88. The molecule has 0 bridgehead atoms. The minimum atomic E-state index is -3.49. The highest BCUT2D eigenvalue weighted by Crippen LogP contribution is 2.66.